The van der Waals surface area contributed by atoms with Crippen molar-refractivity contribution in [2.24, 2.45) is 0 Å². The molecule has 0 aliphatic rings. The summed E-state index contributed by atoms with van der Waals surface area (Å²) < 4.78 is 9.25. The lowest BCUT2D eigenvalue weighted by Gasteiger charge is -2.07. The summed E-state index contributed by atoms with van der Waals surface area (Å²) in [6.07, 6.45) is 2.38. The Labute approximate surface area is 180 Å². The van der Waals surface area contributed by atoms with Crippen molar-refractivity contribution in [3.63, 3.8) is 0 Å². The Hall–Kier alpha value is -3.68. The number of amides is 2. The number of hydrogen-bond acceptors (Lipinski definition) is 6. The van der Waals surface area contributed by atoms with E-state index < -0.39 is 11.9 Å². The molecule has 0 unspecified atom stereocenters. The Morgan fingerprint density at radius 3 is 1.23 bits per heavy atom. The fourth-order valence-electron chi connectivity index (χ4n) is 2.79. The maximum absolute atomic E-state index is 12.1. The predicted octanol–water partition coefficient (Wildman–Crippen LogP) is 2.59. The van der Waals surface area contributed by atoms with Crippen LogP contribution in [0.4, 0.5) is 0 Å². The molecule has 2 aromatic carbocycles. The zero-order chi connectivity index (χ0) is 22.6. The fourth-order valence-corrected chi connectivity index (χ4v) is 2.79. The van der Waals surface area contributed by atoms with E-state index >= 15 is 0 Å². The van der Waals surface area contributed by atoms with Gasteiger partial charge in [-0.25, -0.2) is 9.59 Å². The second-order valence-corrected chi connectivity index (χ2v) is 6.71. The summed E-state index contributed by atoms with van der Waals surface area (Å²) >= 11 is 0. The van der Waals surface area contributed by atoms with Crippen molar-refractivity contribution in [2.75, 3.05) is 27.3 Å². The van der Waals surface area contributed by atoms with Crippen LogP contribution in [0.2, 0.25) is 0 Å². The molecule has 0 heterocycles. The SMILES string of the molecule is COC(=O)c1ccc(C(=O)NCCCCCNC(=O)c2ccc(C(=O)OC)cc2)cc1. The van der Waals surface area contributed by atoms with Crippen LogP contribution >= 0.6 is 0 Å². The second-order valence-electron chi connectivity index (χ2n) is 6.71. The second kappa shape index (κ2) is 12.1. The van der Waals surface area contributed by atoms with Gasteiger partial charge in [0.1, 0.15) is 0 Å². The maximum atomic E-state index is 12.1. The first-order chi connectivity index (χ1) is 15.0. The van der Waals surface area contributed by atoms with Gasteiger partial charge in [0.15, 0.2) is 0 Å². The minimum atomic E-state index is -0.447. The zero-order valence-electron chi connectivity index (χ0n) is 17.6. The van der Waals surface area contributed by atoms with Gasteiger partial charge in [-0.2, -0.15) is 0 Å². The monoisotopic (exact) mass is 426 g/mol. The molecule has 0 saturated heterocycles. The molecule has 164 valence electrons. The fraction of sp³-hybridized carbons (Fsp3) is 0.304. The van der Waals surface area contributed by atoms with Crippen LogP contribution in [-0.4, -0.2) is 51.1 Å². The maximum Gasteiger partial charge on any atom is 0.337 e. The third kappa shape index (κ3) is 7.26. The van der Waals surface area contributed by atoms with Crippen LogP contribution in [0.25, 0.3) is 0 Å². The topological polar surface area (TPSA) is 111 Å². The van der Waals surface area contributed by atoms with Gasteiger partial charge < -0.3 is 20.1 Å². The first-order valence-corrected chi connectivity index (χ1v) is 9.89. The lowest BCUT2D eigenvalue weighted by Crippen LogP contribution is -2.26. The molecule has 8 heteroatoms. The number of hydrogen-bond donors (Lipinski definition) is 2. The first-order valence-electron chi connectivity index (χ1n) is 9.89. The molecule has 2 N–H and O–H groups in total. The van der Waals surface area contributed by atoms with Crippen molar-refractivity contribution in [3.05, 3.63) is 70.8 Å². The van der Waals surface area contributed by atoms with Gasteiger partial charge in [0.05, 0.1) is 25.3 Å². The van der Waals surface area contributed by atoms with Gasteiger partial charge in [-0.1, -0.05) is 0 Å². The molecule has 0 atom stereocenters. The summed E-state index contributed by atoms with van der Waals surface area (Å²) in [6, 6.07) is 12.5. The molecule has 0 fully saturated rings. The van der Waals surface area contributed by atoms with E-state index in [0.29, 0.717) is 35.3 Å². The van der Waals surface area contributed by atoms with E-state index in [1.165, 1.54) is 14.2 Å². The summed E-state index contributed by atoms with van der Waals surface area (Å²) in [5.41, 5.74) is 1.72. The lowest BCUT2D eigenvalue weighted by molar-refractivity contribution is 0.0592. The quantitative estimate of drug-likeness (QED) is 0.446. The van der Waals surface area contributed by atoms with Crippen LogP contribution in [-0.2, 0) is 9.47 Å². The largest absolute Gasteiger partial charge is 0.465 e. The number of nitrogens with one attached hydrogen (secondary N) is 2. The van der Waals surface area contributed by atoms with E-state index in [4.69, 9.17) is 0 Å². The zero-order valence-corrected chi connectivity index (χ0v) is 17.6. The molecule has 0 aromatic heterocycles. The van der Waals surface area contributed by atoms with E-state index in [1.54, 1.807) is 48.5 Å². The number of carbonyl (C=O) groups is 4. The van der Waals surface area contributed by atoms with Gasteiger partial charge in [-0.15, -0.1) is 0 Å². The molecule has 0 spiro atoms. The van der Waals surface area contributed by atoms with Crippen molar-refractivity contribution >= 4 is 23.8 Å². The van der Waals surface area contributed by atoms with Gasteiger partial charge in [0, 0.05) is 24.2 Å². The number of methoxy groups -OCH3 is 2. The van der Waals surface area contributed by atoms with Gasteiger partial charge in [0.2, 0.25) is 0 Å². The van der Waals surface area contributed by atoms with E-state index in [0.717, 1.165) is 19.3 Å². The minimum Gasteiger partial charge on any atom is -0.465 e. The van der Waals surface area contributed by atoms with Crippen molar-refractivity contribution in [3.8, 4) is 0 Å². The van der Waals surface area contributed by atoms with Gasteiger partial charge >= 0.3 is 11.9 Å². The molecule has 0 radical (unpaired) electrons. The average Bonchev–Trinajstić information content (AvgIpc) is 2.82. The van der Waals surface area contributed by atoms with E-state index in [9.17, 15) is 19.2 Å². The van der Waals surface area contributed by atoms with Crippen LogP contribution in [0.3, 0.4) is 0 Å². The molecular weight excluding hydrogens is 400 g/mol. The Morgan fingerprint density at radius 1 is 0.581 bits per heavy atom. The number of rotatable bonds is 10. The van der Waals surface area contributed by atoms with Crippen LogP contribution in [0.5, 0.6) is 0 Å². The highest BCUT2D eigenvalue weighted by Crippen LogP contribution is 2.07. The first kappa shape index (κ1) is 23.6. The van der Waals surface area contributed by atoms with E-state index in [2.05, 4.69) is 20.1 Å². The highest BCUT2D eigenvalue weighted by Gasteiger charge is 2.10. The smallest absolute Gasteiger partial charge is 0.337 e. The van der Waals surface area contributed by atoms with Gasteiger partial charge in [-0.05, 0) is 67.8 Å². The number of esters is 2. The Bertz CT molecular complexity index is 831. The molecule has 2 amide bonds. The highest BCUT2D eigenvalue weighted by molar-refractivity contribution is 5.96. The molecule has 8 nitrogen and oxygen atoms in total. The number of unbranched alkanes of at least 4 members (excludes halogenated alkanes) is 2. The van der Waals surface area contributed by atoms with Crippen molar-refractivity contribution in [2.45, 2.75) is 19.3 Å². The summed E-state index contributed by atoms with van der Waals surface area (Å²) in [5.74, 6) is -1.31. The number of benzene rings is 2. The van der Waals surface area contributed by atoms with Crippen molar-refractivity contribution < 1.29 is 28.7 Å². The van der Waals surface area contributed by atoms with E-state index in [1.807, 2.05) is 0 Å². The summed E-state index contributed by atoms with van der Waals surface area (Å²) in [5, 5.41) is 5.65. The lowest BCUT2D eigenvalue weighted by atomic mass is 10.1. The Morgan fingerprint density at radius 2 is 0.903 bits per heavy atom. The third-order valence-electron chi connectivity index (χ3n) is 4.56. The average molecular weight is 426 g/mol. The molecule has 31 heavy (non-hydrogen) atoms. The Balaban J connectivity index is 1.61. The van der Waals surface area contributed by atoms with Crippen LogP contribution < -0.4 is 10.6 Å². The van der Waals surface area contributed by atoms with Crippen LogP contribution in [0.1, 0.15) is 60.7 Å². The number of ether oxygens (including phenoxy) is 2. The standard InChI is InChI=1S/C23H26N2O6/c1-30-22(28)18-10-6-16(7-11-18)20(26)24-14-4-3-5-15-25-21(27)17-8-12-19(13-9-17)23(29)31-2/h6-13H,3-5,14-15H2,1-2H3,(H,24,26)(H,25,27). The van der Waals surface area contributed by atoms with Crippen LogP contribution in [0.15, 0.2) is 48.5 Å². The van der Waals surface area contributed by atoms with Crippen LogP contribution in [0, 0.1) is 0 Å². The van der Waals surface area contributed by atoms with Crippen molar-refractivity contribution in [1.82, 2.24) is 10.6 Å². The Kier molecular flexibility index (Phi) is 9.22. The minimum absolute atomic E-state index is 0.208. The van der Waals surface area contributed by atoms with Crippen molar-refractivity contribution in [1.29, 1.82) is 0 Å². The normalized spacial score (nSPS) is 10.1. The molecule has 0 bridgehead atoms. The molecular formula is C23H26N2O6. The van der Waals surface area contributed by atoms with E-state index in [-0.39, 0.29) is 11.8 Å². The molecule has 0 saturated carbocycles. The van der Waals surface area contributed by atoms with Gasteiger partial charge in [-0.3, -0.25) is 9.59 Å². The van der Waals surface area contributed by atoms with Gasteiger partial charge in [0.25, 0.3) is 11.8 Å². The highest BCUT2D eigenvalue weighted by atomic mass is 16.5. The molecule has 2 rings (SSSR count). The summed E-state index contributed by atoms with van der Waals surface area (Å²) in [4.78, 5) is 47.0. The summed E-state index contributed by atoms with van der Waals surface area (Å²) in [7, 11) is 2.61. The predicted molar refractivity (Wildman–Crippen MR) is 114 cm³/mol. The third-order valence-corrected chi connectivity index (χ3v) is 4.56. The molecule has 0 aliphatic heterocycles. The summed E-state index contributed by atoms with van der Waals surface area (Å²) in [6.45, 7) is 1.03. The number of carbonyl (C=O) groups excluding carboxylic acids is 4. The molecule has 2 aromatic rings. The molecule has 0 aliphatic carbocycles.